The van der Waals surface area contributed by atoms with E-state index in [9.17, 15) is 9.59 Å². The highest BCUT2D eigenvalue weighted by Crippen LogP contribution is 2.24. The van der Waals surface area contributed by atoms with Crippen LogP contribution in [0, 0.1) is 12.8 Å². The molecule has 6 heteroatoms. The SMILES string of the molecule is Cc1ccc(-c2cc(C(=O)N3CC(C(N)=O)CCC3C)[nH]n2)cc1. The van der Waals surface area contributed by atoms with Crippen molar-refractivity contribution in [3.8, 4) is 11.3 Å². The minimum absolute atomic E-state index is 0.0826. The predicted molar refractivity (Wildman–Crippen MR) is 91.2 cm³/mol. The van der Waals surface area contributed by atoms with E-state index < -0.39 is 0 Å². The minimum Gasteiger partial charge on any atom is -0.369 e. The monoisotopic (exact) mass is 326 g/mol. The summed E-state index contributed by atoms with van der Waals surface area (Å²) in [6.07, 6.45) is 1.51. The molecule has 0 radical (unpaired) electrons. The van der Waals surface area contributed by atoms with Crippen LogP contribution in [0.5, 0.6) is 0 Å². The first-order valence-corrected chi connectivity index (χ1v) is 8.18. The molecule has 1 saturated heterocycles. The van der Waals surface area contributed by atoms with E-state index in [1.807, 2.05) is 38.1 Å². The molecule has 2 unspecified atom stereocenters. The number of aromatic amines is 1. The van der Waals surface area contributed by atoms with Crippen LogP contribution >= 0.6 is 0 Å². The summed E-state index contributed by atoms with van der Waals surface area (Å²) in [6.45, 7) is 4.39. The average Bonchev–Trinajstić information content (AvgIpc) is 3.05. The van der Waals surface area contributed by atoms with E-state index in [2.05, 4.69) is 10.2 Å². The lowest BCUT2D eigenvalue weighted by Gasteiger charge is -2.36. The van der Waals surface area contributed by atoms with Crippen LogP contribution in [0.2, 0.25) is 0 Å². The van der Waals surface area contributed by atoms with Gasteiger partial charge in [0.05, 0.1) is 11.6 Å². The number of aryl methyl sites for hydroxylation is 1. The maximum absolute atomic E-state index is 12.8. The number of hydrogen-bond acceptors (Lipinski definition) is 3. The zero-order chi connectivity index (χ0) is 17.3. The minimum atomic E-state index is -0.343. The molecule has 2 heterocycles. The summed E-state index contributed by atoms with van der Waals surface area (Å²) in [7, 11) is 0. The molecule has 24 heavy (non-hydrogen) atoms. The number of rotatable bonds is 3. The van der Waals surface area contributed by atoms with Crippen molar-refractivity contribution in [1.82, 2.24) is 15.1 Å². The third-order valence-electron chi connectivity index (χ3n) is 4.70. The van der Waals surface area contributed by atoms with Crippen molar-refractivity contribution in [2.75, 3.05) is 6.54 Å². The van der Waals surface area contributed by atoms with E-state index >= 15 is 0 Å². The number of nitrogens with one attached hydrogen (secondary N) is 1. The van der Waals surface area contributed by atoms with Crippen LogP contribution in [-0.4, -0.2) is 39.5 Å². The summed E-state index contributed by atoms with van der Waals surface area (Å²) in [5.74, 6) is -0.756. The Bertz CT molecular complexity index is 751. The third-order valence-corrected chi connectivity index (χ3v) is 4.70. The molecule has 0 aliphatic carbocycles. The van der Waals surface area contributed by atoms with Crippen LogP contribution in [0.4, 0.5) is 0 Å². The standard InChI is InChI=1S/C18H22N4O2/c1-11-3-6-13(7-4-11)15-9-16(21-20-15)18(24)22-10-14(17(19)23)8-5-12(22)2/h3-4,6-7,9,12,14H,5,8,10H2,1-2H3,(H2,19,23)(H,20,21). The van der Waals surface area contributed by atoms with E-state index in [-0.39, 0.29) is 23.8 Å². The summed E-state index contributed by atoms with van der Waals surface area (Å²) in [5.41, 5.74) is 8.70. The number of piperidine rings is 1. The molecule has 0 saturated carbocycles. The lowest BCUT2D eigenvalue weighted by molar-refractivity contribution is -0.123. The number of benzene rings is 1. The van der Waals surface area contributed by atoms with E-state index in [0.29, 0.717) is 12.2 Å². The fraction of sp³-hybridized carbons (Fsp3) is 0.389. The molecular weight excluding hydrogens is 304 g/mol. The van der Waals surface area contributed by atoms with Gasteiger partial charge in [-0.2, -0.15) is 5.10 Å². The highest BCUT2D eigenvalue weighted by atomic mass is 16.2. The predicted octanol–water partition coefficient (Wildman–Crippen LogP) is 2.11. The molecule has 0 bridgehead atoms. The zero-order valence-corrected chi connectivity index (χ0v) is 14.0. The molecule has 1 aliphatic rings. The molecule has 3 N–H and O–H groups in total. The van der Waals surface area contributed by atoms with Gasteiger partial charge in [-0.15, -0.1) is 0 Å². The van der Waals surface area contributed by atoms with Crippen LogP contribution in [0.25, 0.3) is 11.3 Å². The Morgan fingerprint density at radius 1 is 1.25 bits per heavy atom. The van der Waals surface area contributed by atoms with Crippen molar-refractivity contribution < 1.29 is 9.59 Å². The number of nitrogens with zero attached hydrogens (tertiary/aromatic N) is 2. The molecule has 126 valence electrons. The Morgan fingerprint density at radius 2 is 1.96 bits per heavy atom. The van der Waals surface area contributed by atoms with E-state index in [4.69, 9.17) is 5.73 Å². The van der Waals surface area contributed by atoms with Crippen molar-refractivity contribution in [1.29, 1.82) is 0 Å². The quantitative estimate of drug-likeness (QED) is 0.905. The van der Waals surface area contributed by atoms with Crippen molar-refractivity contribution >= 4 is 11.8 Å². The Hall–Kier alpha value is -2.63. The van der Waals surface area contributed by atoms with Crippen LogP contribution in [0.1, 0.15) is 35.8 Å². The molecule has 1 aliphatic heterocycles. The topological polar surface area (TPSA) is 92.1 Å². The molecule has 1 aromatic carbocycles. The van der Waals surface area contributed by atoms with Gasteiger partial charge in [0.2, 0.25) is 5.91 Å². The molecule has 6 nitrogen and oxygen atoms in total. The number of nitrogens with two attached hydrogens (primary N) is 1. The van der Waals surface area contributed by atoms with Gasteiger partial charge in [0.15, 0.2) is 0 Å². The van der Waals surface area contributed by atoms with E-state index in [0.717, 1.165) is 24.1 Å². The fourth-order valence-corrected chi connectivity index (χ4v) is 3.08. The second-order valence-electron chi connectivity index (χ2n) is 6.52. The molecule has 2 atom stereocenters. The number of hydrogen-bond donors (Lipinski definition) is 2. The third kappa shape index (κ3) is 3.18. The number of aromatic nitrogens is 2. The molecule has 1 aromatic heterocycles. The van der Waals surface area contributed by atoms with Gasteiger partial charge in [-0.25, -0.2) is 0 Å². The Labute approximate surface area is 141 Å². The van der Waals surface area contributed by atoms with E-state index in [1.165, 1.54) is 5.56 Å². The first kappa shape index (κ1) is 16.2. The van der Waals surface area contributed by atoms with Gasteiger partial charge in [-0.1, -0.05) is 29.8 Å². The van der Waals surface area contributed by atoms with Crippen molar-refractivity contribution in [3.63, 3.8) is 0 Å². The normalized spacial score (nSPS) is 20.8. The molecule has 1 fully saturated rings. The van der Waals surface area contributed by atoms with Gasteiger partial charge in [-0.3, -0.25) is 14.7 Å². The van der Waals surface area contributed by atoms with Gasteiger partial charge in [0.1, 0.15) is 5.69 Å². The number of amides is 2. The summed E-state index contributed by atoms with van der Waals surface area (Å²) in [6, 6.07) is 9.82. The molecule has 3 rings (SSSR count). The highest BCUT2D eigenvalue weighted by Gasteiger charge is 2.32. The molecule has 2 amide bonds. The summed E-state index contributed by atoms with van der Waals surface area (Å²) < 4.78 is 0. The van der Waals surface area contributed by atoms with Crippen molar-refractivity contribution in [2.24, 2.45) is 11.7 Å². The second kappa shape index (κ2) is 6.47. The van der Waals surface area contributed by atoms with Crippen LogP contribution in [0.3, 0.4) is 0 Å². The second-order valence-corrected chi connectivity index (χ2v) is 6.52. The Morgan fingerprint density at radius 3 is 2.62 bits per heavy atom. The number of H-pyrrole nitrogens is 1. The van der Waals surface area contributed by atoms with Crippen LogP contribution in [0.15, 0.2) is 30.3 Å². The number of primary amides is 1. The van der Waals surface area contributed by atoms with Crippen molar-refractivity contribution in [3.05, 3.63) is 41.6 Å². The summed E-state index contributed by atoms with van der Waals surface area (Å²) >= 11 is 0. The number of carbonyl (C=O) groups is 2. The first-order chi connectivity index (χ1) is 11.5. The summed E-state index contributed by atoms with van der Waals surface area (Å²) in [4.78, 5) is 25.9. The Kier molecular flexibility index (Phi) is 4.38. The molecule has 2 aromatic rings. The maximum Gasteiger partial charge on any atom is 0.272 e. The molecule has 0 spiro atoms. The smallest absolute Gasteiger partial charge is 0.272 e. The first-order valence-electron chi connectivity index (χ1n) is 8.18. The van der Waals surface area contributed by atoms with Gasteiger partial charge in [-0.05, 0) is 32.8 Å². The molecular formula is C18H22N4O2. The zero-order valence-electron chi connectivity index (χ0n) is 14.0. The van der Waals surface area contributed by atoms with Crippen LogP contribution in [-0.2, 0) is 4.79 Å². The fourth-order valence-electron chi connectivity index (χ4n) is 3.08. The van der Waals surface area contributed by atoms with Gasteiger partial charge in [0, 0.05) is 18.2 Å². The summed E-state index contributed by atoms with van der Waals surface area (Å²) in [5, 5.41) is 7.07. The number of likely N-dealkylation sites (tertiary alicyclic amines) is 1. The van der Waals surface area contributed by atoms with Crippen molar-refractivity contribution in [2.45, 2.75) is 32.7 Å². The Balaban J connectivity index is 1.80. The van der Waals surface area contributed by atoms with Gasteiger partial charge >= 0.3 is 0 Å². The number of carbonyl (C=O) groups excluding carboxylic acids is 2. The lowest BCUT2D eigenvalue weighted by atomic mass is 9.92. The average molecular weight is 326 g/mol. The van der Waals surface area contributed by atoms with Crippen LogP contribution < -0.4 is 5.73 Å². The highest BCUT2D eigenvalue weighted by molar-refractivity contribution is 5.94. The van der Waals surface area contributed by atoms with E-state index in [1.54, 1.807) is 11.0 Å². The van der Waals surface area contributed by atoms with Gasteiger partial charge in [0.25, 0.3) is 5.91 Å². The largest absolute Gasteiger partial charge is 0.369 e. The lowest BCUT2D eigenvalue weighted by Crippen LogP contribution is -2.48. The maximum atomic E-state index is 12.8. The van der Waals surface area contributed by atoms with Gasteiger partial charge < -0.3 is 10.6 Å².